The van der Waals surface area contributed by atoms with Gasteiger partial charge in [-0.15, -0.1) is 0 Å². The molecule has 8 aromatic carbocycles. The molecule has 0 aliphatic carbocycles. The van der Waals surface area contributed by atoms with Crippen molar-refractivity contribution in [3.63, 3.8) is 0 Å². The molecule has 0 atom stereocenters. The molecule has 0 radical (unpaired) electrons. The van der Waals surface area contributed by atoms with E-state index < -0.39 is 0 Å². The predicted octanol–water partition coefficient (Wildman–Crippen LogP) is 12.7. The van der Waals surface area contributed by atoms with Gasteiger partial charge < -0.3 is 9.47 Å². The van der Waals surface area contributed by atoms with E-state index in [4.69, 9.17) is 0 Å². The van der Waals surface area contributed by atoms with Crippen molar-refractivity contribution in [1.29, 1.82) is 0 Å². The van der Waals surface area contributed by atoms with E-state index in [0.717, 1.165) is 22.7 Å². The minimum atomic E-state index is 1.11. The smallest absolute Gasteiger partial charge is 0.0561 e. The highest BCUT2D eigenvalue weighted by atomic mass is 15.1. The van der Waals surface area contributed by atoms with Crippen LogP contribution in [0.2, 0.25) is 0 Å². The van der Waals surface area contributed by atoms with Crippen LogP contribution in [0.4, 0.5) is 17.1 Å². The minimum Gasteiger partial charge on any atom is -0.310 e. The highest BCUT2D eigenvalue weighted by Crippen LogP contribution is 2.41. The van der Waals surface area contributed by atoms with Crippen molar-refractivity contribution in [2.24, 2.45) is 0 Å². The fraction of sp³-hybridized carbons (Fsp3) is 0. The van der Waals surface area contributed by atoms with Crippen molar-refractivity contribution in [3.05, 3.63) is 194 Å². The highest BCUT2D eigenvalue weighted by Gasteiger charge is 2.18. The molecule has 0 spiro atoms. The van der Waals surface area contributed by atoms with Gasteiger partial charge in [0.15, 0.2) is 0 Å². The molecule has 0 saturated heterocycles. The van der Waals surface area contributed by atoms with Gasteiger partial charge in [0.05, 0.1) is 11.0 Å². The number of benzene rings is 8. The molecule has 0 aliphatic rings. The second-order valence-electron chi connectivity index (χ2n) is 12.3. The second-order valence-corrected chi connectivity index (χ2v) is 12.3. The average Bonchev–Trinajstić information content (AvgIpc) is 3.49. The van der Waals surface area contributed by atoms with E-state index in [9.17, 15) is 0 Å². The van der Waals surface area contributed by atoms with Gasteiger partial charge in [0.1, 0.15) is 0 Å². The van der Waals surface area contributed by atoms with Gasteiger partial charge in [-0.3, -0.25) is 0 Å². The van der Waals surface area contributed by atoms with Crippen LogP contribution in [0.25, 0.3) is 60.5 Å². The Hall–Kier alpha value is -6.38. The van der Waals surface area contributed by atoms with E-state index in [2.05, 4.69) is 204 Å². The van der Waals surface area contributed by atoms with E-state index in [1.807, 2.05) is 0 Å². The zero-order valence-electron chi connectivity index (χ0n) is 26.4. The maximum absolute atomic E-state index is 2.41. The van der Waals surface area contributed by atoms with Crippen molar-refractivity contribution in [2.75, 3.05) is 4.90 Å². The molecule has 9 aromatic rings. The fourth-order valence-corrected chi connectivity index (χ4v) is 7.01. The molecule has 48 heavy (non-hydrogen) atoms. The Morgan fingerprint density at radius 3 is 1.56 bits per heavy atom. The van der Waals surface area contributed by atoms with Gasteiger partial charge in [0.25, 0.3) is 0 Å². The quantitative estimate of drug-likeness (QED) is 0.181. The first-order valence-electron chi connectivity index (χ1n) is 16.4. The Labute approximate surface area is 280 Å². The molecule has 0 saturated carbocycles. The van der Waals surface area contributed by atoms with E-state index in [-0.39, 0.29) is 0 Å². The van der Waals surface area contributed by atoms with Gasteiger partial charge in [-0.2, -0.15) is 0 Å². The van der Waals surface area contributed by atoms with Gasteiger partial charge in [-0.05, 0) is 93.7 Å². The molecule has 226 valence electrons. The van der Waals surface area contributed by atoms with Gasteiger partial charge in [0.2, 0.25) is 0 Å². The molecule has 1 aromatic heterocycles. The summed E-state index contributed by atoms with van der Waals surface area (Å²) in [5, 5.41) is 4.98. The number of rotatable bonds is 6. The second kappa shape index (κ2) is 11.8. The summed E-state index contributed by atoms with van der Waals surface area (Å²) in [5.41, 5.74) is 11.7. The first-order chi connectivity index (χ1) is 23.8. The summed E-state index contributed by atoms with van der Waals surface area (Å²) in [5.74, 6) is 0. The zero-order chi connectivity index (χ0) is 31.9. The van der Waals surface area contributed by atoms with Crippen LogP contribution in [0.1, 0.15) is 0 Å². The highest BCUT2D eigenvalue weighted by molar-refractivity contribution is 6.11. The van der Waals surface area contributed by atoms with Crippen molar-refractivity contribution in [2.45, 2.75) is 0 Å². The molecular weight excluding hydrogens is 581 g/mol. The third-order valence-corrected chi connectivity index (χ3v) is 9.35. The Bertz CT molecular complexity index is 2530. The lowest BCUT2D eigenvalue weighted by Gasteiger charge is -2.26. The molecule has 0 aliphatic heterocycles. The van der Waals surface area contributed by atoms with Gasteiger partial charge in [0, 0.05) is 33.5 Å². The van der Waals surface area contributed by atoms with E-state index in [1.54, 1.807) is 0 Å². The lowest BCUT2D eigenvalue weighted by molar-refractivity contribution is 1.18. The number of hydrogen-bond donors (Lipinski definition) is 0. The van der Waals surface area contributed by atoms with Crippen LogP contribution in [-0.2, 0) is 0 Å². The topological polar surface area (TPSA) is 8.17 Å². The van der Waals surface area contributed by atoms with Crippen LogP contribution < -0.4 is 4.90 Å². The molecule has 1 heterocycles. The molecule has 2 heteroatoms. The van der Waals surface area contributed by atoms with Gasteiger partial charge in [-0.1, -0.05) is 133 Å². The van der Waals surface area contributed by atoms with Crippen molar-refractivity contribution in [1.82, 2.24) is 4.57 Å². The van der Waals surface area contributed by atoms with Crippen LogP contribution in [0.15, 0.2) is 194 Å². The molecular formula is C46H32N2. The van der Waals surface area contributed by atoms with E-state index >= 15 is 0 Å². The van der Waals surface area contributed by atoms with Crippen LogP contribution in [0, 0.1) is 0 Å². The van der Waals surface area contributed by atoms with Crippen molar-refractivity contribution >= 4 is 49.6 Å². The molecule has 2 nitrogen and oxygen atoms in total. The third-order valence-electron chi connectivity index (χ3n) is 9.35. The van der Waals surface area contributed by atoms with Crippen molar-refractivity contribution in [3.8, 4) is 27.9 Å². The summed E-state index contributed by atoms with van der Waals surface area (Å²) in [7, 11) is 0. The Kier molecular flexibility index (Phi) is 6.84. The minimum absolute atomic E-state index is 1.11. The maximum atomic E-state index is 2.41. The Morgan fingerprint density at radius 1 is 0.312 bits per heavy atom. The monoisotopic (exact) mass is 612 g/mol. The van der Waals surface area contributed by atoms with Gasteiger partial charge in [-0.25, -0.2) is 0 Å². The summed E-state index contributed by atoms with van der Waals surface area (Å²) >= 11 is 0. The molecule has 0 amide bonds. The number of fused-ring (bicyclic) bond motifs is 4. The third kappa shape index (κ3) is 4.92. The fourth-order valence-electron chi connectivity index (χ4n) is 7.01. The first-order valence-corrected chi connectivity index (χ1v) is 16.4. The average molecular weight is 613 g/mol. The first kappa shape index (κ1) is 27.9. The Morgan fingerprint density at radius 2 is 0.812 bits per heavy atom. The number of para-hydroxylation sites is 2. The van der Waals surface area contributed by atoms with Crippen LogP contribution in [-0.4, -0.2) is 4.57 Å². The lowest BCUT2D eigenvalue weighted by atomic mass is 10.0. The van der Waals surface area contributed by atoms with E-state index in [1.165, 1.54) is 54.8 Å². The normalized spacial score (nSPS) is 11.3. The summed E-state index contributed by atoms with van der Waals surface area (Å²) in [6.45, 7) is 0. The Balaban J connectivity index is 1.21. The molecule has 0 bridgehead atoms. The van der Waals surface area contributed by atoms with Crippen LogP contribution >= 0.6 is 0 Å². The van der Waals surface area contributed by atoms with E-state index in [0.29, 0.717) is 0 Å². The molecule has 0 N–H and O–H groups in total. The zero-order valence-corrected chi connectivity index (χ0v) is 26.4. The largest absolute Gasteiger partial charge is 0.310 e. The number of nitrogens with zero attached hydrogens (tertiary/aromatic N) is 2. The number of aromatic nitrogens is 1. The SMILES string of the molecule is c1ccc(-c2ccc3c4ccc(N(c5ccccc5)c5ccc(-c6ccc7ccccc7c6)cc5)cc4n(-c4ccccc4)c3c2)cc1. The van der Waals surface area contributed by atoms with Crippen LogP contribution in [0.5, 0.6) is 0 Å². The summed E-state index contributed by atoms with van der Waals surface area (Å²) in [4.78, 5) is 2.35. The van der Waals surface area contributed by atoms with Gasteiger partial charge >= 0.3 is 0 Å². The summed E-state index contributed by atoms with van der Waals surface area (Å²) in [6, 6.07) is 69.9. The predicted molar refractivity (Wildman–Crippen MR) is 204 cm³/mol. The molecule has 0 fully saturated rings. The molecule has 0 unspecified atom stereocenters. The molecule has 9 rings (SSSR count). The van der Waals surface area contributed by atoms with Crippen molar-refractivity contribution < 1.29 is 0 Å². The summed E-state index contributed by atoms with van der Waals surface area (Å²) in [6.07, 6.45) is 0. The van der Waals surface area contributed by atoms with Crippen LogP contribution in [0.3, 0.4) is 0 Å². The number of anilines is 3. The summed E-state index contributed by atoms with van der Waals surface area (Å²) < 4.78 is 2.41. The lowest BCUT2D eigenvalue weighted by Crippen LogP contribution is -2.10. The standard InChI is InChI=1S/C46H32N2/c1-4-12-33(13-5-1)38-24-28-43-44-29-27-42(32-46(44)48(45(43)31-38)40-18-8-3-9-19-40)47(39-16-6-2-7-17-39)41-25-22-35(23-26-41)37-21-20-34-14-10-11-15-36(34)30-37/h1-32H. The maximum Gasteiger partial charge on any atom is 0.0561 e. The number of hydrogen-bond acceptors (Lipinski definition) is 1.